The number of likely N-dealkylation sites (tertiary alicyclic amines) is 1. The van der Waals surface area contributed by atoms with Crippen molar-refractivity contribution in [3.8, 4) is 0 Å². The molecular weight excluding hydrogens is 538 g/mol. The fourth-order valence-electron chi connectivity index (χ4n) is 7.11. The van der Waals surface area contributed by atoms with Crippen LogP contribution in [0.4, 0.5) is 0 Å². The van der Waals surface area contributed by atoms with Crippen LogP contribution in [0.5, 0.6) is 0 Å². The van der Waals surface area contributed by atoms with Crippen molar-refractivity contribution in [3.63, 3.8) is 0 Å². The molecule has 2 N–H and O–H groups in total. The van der Waals surface area contributed by atoms with Crippen molar-refractivity contribution in [2.24, 2.45) is 17.8 Å². The molecule has 1 spiro atoms. The maximum absolute atomic E-state index is 14.5. The molecule has 0 saturated carbocycles. The Morgan fingerprint density at radius 1 is 1.24 bits per heavy atom. The third-order valence-corrected chi connectivity index (χ3v) is 8.92. The monoisotopic (exact) mass is 589 g/mol. The van der Waals surface area contributed by atoms with Crippen LogP contribution in [0, 0.1) is 17.8 Å². The molecule has 0 radical (unpaired) electrons. The van der Waals surface area contributed by atoms with Gasteiger partial charge < -0.3 is 29.7 Å². The molecule has 2 bridgehead atoms. The lowest BCUT2D eigenvalue weighted by atomic mass is 9.70. The topological polar surface area (TPSA) is 125 Å². The number of carbonyl (C=O) groups is 4. The van der Waals surface area contributed by atoms with Crippen LogP contribution in [0.15, 0.2) is 25.3 Å². The maximum atomic E-state index is 14.5. The highest BCUT2D eigenvalue weighted by Gasteiger charge is 2.75. The molecule has 0 aromatic carbocycles. The van der Waals surface area contributed by atoms with Crippen LogP contribution in [0.2, 0.25) is 0 Å². The number of esters is 1. The number of nitrogens with one attached hydrogen (secondary N) is 1. The molecular formula is C32H51N3O7. The summed E-state index contributed by atoms with van der Waals surface area (Å²) in [5.41, 5.74) is -1.18. The van der Waals surface area contributed by atoms with E-state index in [0.29, 0.717) is 38.6 Å². The molecule has 1 unspecified atom stereocenters. The van der Waals surface area contributed by atoms with Gasteiger partial charge in [0.1, 0.15) is 17.7 Å². The number of aliphatic hydroxyl groups excluding tert-OH is 1. The van der Waals surface area contributed by atoms with E-state index in [2.05, 4.69) is 25.4 Å². The summed E-state index contributed by atoms with van der Waals surface area (Å²) < 4.78 is 12.3. The number of fused-ring (bicyclic) bond motifs is 1. The number of carbonyl (C=O) groups excluding carboxylic acids is 4. The van der Waals surface area contributed by atoms with Gasteiger partial charge in [-0.3, -0.25) is 19.2 Å². The second-order valence-corrected chi connectivity index (χ2v) is 12.6. The van der Waals surface area contributed by atoms with Gasteiger partial charge in [0.2, 0.25) is 17.7 Å². The van der Waals surface area contributed by atoms with Crippen molar-refractivity contribution in [1.82, 2.24) is 15.1 Å². The van der Waals surface area contributed by atoms with E-state index >= 15 is 0 Å². The number of ether oxygens (including phenoxy) is 2. The zero-order chi connectivity index (χ0) is 31.2. The minimum atomic E-state index is -1.18. The van der Waals surface area contributed by atoms with Crippen molar-refractivity contribution < 1.29 is 33.8 Å². The molecule has 236 valence electrons. The zero-order valence-corrected chi connectivity index (χ0v) is 26.0. The Bertz CT molecular complexity index is 1020. The molecule has 0 aromatic rings. The predicted molar refractivity (Wildman–Crippen MR) is 159 cm³/mol. The third kappa shape index (κ3) is 6.75. The summed E-state index contributed by atoms with van der Waals surface area (Å²) in [6, 6.07) is -1.65. The highest BCUT2D eigenvalue weighted by molar-refractivity contribution is 5.98. The van der Waals surface area contributed by atoms with E-state index in [1.165, 1.54) is 4.90 Å². The van der Waals surface area contributed by atoms with E-state index in [0.717, 1.165) is 12.8 Å². The summed E-state index contributed by atoms with van der Waals surface area (Å²) in [6.07, 6.45) is 6.19. The smallest absolute Gasteiger partial charge is 0.312 e. The first kappa shape index (κ1) is 33.8. The van der Waals surface area contributed by atoms with Crippen molar-refractivity contribution in [1.29, 1.82) is 0 Å². The minimum absolute atomic E-state index is 0.0903. The third-order valence-electron chi connectivity index (χ3n) is 8.92. The van der Waals surface area contributed by atoms with Crippen molar-refractivity contribution >= 4 is 23.7 Å². The normalized spacial score (nSPS) is 28.3. The summed E-state index contributed by atoms with van der Waals surface area (Å²) in [5.74, 6) is -2.90. The number of aliphatic hydroxyl groups is 1. The van der Waals surface area contributed by atoms with Crippen molar-refractivity contribution in [2.45, 2.75) is 115 Å². The average Bonchev–Trinajstić information content (AvgIpc) is 3.59. The number of allylic oxidation sites excluding steroid dienone is 1. The Morgan fingerprint density at radius 2 is 1.95 bits per heavy atom. The van der Waals surface area contributed by atoms with E-state index in [-0.39, 0.29) is 42.8 Å². The van der Waals surface area contributed by atoms with Gasteiger partial charge in [-0.2, -0.15) is 0 Å². The average molecular weight is 590 g/mol. The van der Waals surface area contributed by atoms with Gasteiger partial charge in [-0.25, -0.2) is 0 Å². The lowest BCUT2D eigenvalue weighted by Gasteiger charge is -2.41. The molecule has 3 fully saturated rings. The highest BCUT2D eigenvalue weighted by atomic mass is 16.6. The van der Waals surface area contributed by atoms with Crippen LogP contribution in [0.1, 0.15) is 79.6 Å². The van der Waals surface area contributed by atoms with Gasteiger partial charge in [-0.15, -0.1) is 13.2 Å². The summed E-state index contributed by atoms with van der Waals surface area (Å²) in [6.45, 7) is 17.4. The minimum Gasteiger partial charge on any atom is -0.460 e. The number of amides is 3. The van der Waals surface area contributed by atoms with E-state index in [1.54, 1.807) is 24.0 Å². The first-order valence-corrected chi connectivity index (χ1v) is 15.6. The van der Waals surface area contributed by atoms with Gasteiger partial charge in [0.05, 0.1) is 37.1 Å². The second-order valence-electron chi connectivity index (χ2n) is 12.6. The van der Waals surface area contributed by atoms with Crippen LogP contribution < -0.4 is 5.32 Å². The molecule has 3 aliphatic heterocycles. The molecule has 8 atom stereocenters. The van der Waals surface area contributed by atoms with Crippen LogP contribution in [0.25, 0.3) is 0 Å². The summed E-state index contributed by atoms with van der Waals surface area (Å²) in [7, 11) is 0. The van der Waals surface area contributed by atoms with Gasteiger partial charge in [0.15, 0.2) is 0 Å². The van der Waals surface area contributed by atoms with Crippen LogP contribution in [-0.4, -0.2) is 94.2 Å². The summed E-state index contributed by atoms with van der Waals surface area (Å²) in [4.78, 5) is 57.7. The van der Waals surface area contributed by atoms with Gasteiger partial charge in [0, 0.05) is 19.0 Å². The molecule has 10 heteroatoms. The summed E-state index contributed by atoms with van der Waals surface area (Å²) in [5, 5.41) is 13.2. The first-order chi connectivity index (χ1) is 20.0. The number of nitrogens with zero attached hydrogens (tertiary/aromatic N) is 2. The largest absolute Gasteiger partial charge is 0.460 e. The second kappa shape index (κ2) is 14.6. The van der Waals surface area contributed by atoms with Gasteiger partial charge in [-0.05, 0) is 51.9 Å². The van der Waals surface area contributed by atoms with E-state index < -0.39 is 47.7 Å². The van der Waals surface area contributed by atoms with E-state index in [1.807, 2.05) is 20.8 Å². The fourth-order valence-corrected chi connectivity index (χ4v) is 7.11. The van der Waals surface area contributed by atoms with E-state index in [9.17, 15) is 24.3 Å². The lowest BCUT2D eigenvalue weighted by Crippen LogP contribution is -2.60. The van der Waals surface area contributed by atoms with Gasteiger partial charge in [-0.1, -0.05) is 39.3 Å². The predicted octanol–water partition coefficient (Wildman–Crippen LogP) is 2.99. The quantitative estimate of drug-likeness (QED) is 0.197. The Kier molecular flexibility index (Phi) is 11.8. The molecule has 3 rings (SSSR count). The molecule has 10 nitrogen and oxygen atoms in total. The molecule has 3 heterocycles. The van der Waals surface area contributed by atoms with Crippen molar-refractivity contribution in [2.75, 3.05) is 19.7 Å². The Labute approximate surface area is 250 Å². The highest BCUT2D eigenvalue weighted by Crippen LogP contribution is 2.59. The molecule has 0 aromatic heterocycles. The lowest BCUT2D eigenvalue weighted by molar-refractivity contribution is -0.160. The number of hydrogen-bond donors (Lipinski definition) is 2. The molecule has 3 saturated heterocycles. The first-order valence-electron chi connectivity index (χ1n) is 15.6. The Hall–Kier alpha value is -2.72. The summed E-state index contributed by atoms with van der Waals surface area (Å²) >= 11 is 0. The fraction of sp³-hybridized carbons (Fsp3) is 0.750. The standard InChI is InChI=1S/C32H51N3O7/c1-8-11-13-25(37)33-18-22(7)41-31(40)26-24-14-15-32(42-24)27(26)29(38)35(23(19-36)17-20(4)5)28(32)30(39)34(16-10-3)21(6)12-9-2/h8,10,20-24,26-28,36H,1,3,9,11-19H2,2,4-7H3,(H,33,37)/t21?,22-,23-,24-,26+,27+,28-,32+/m1/s1. The van der Waals surface area contributed by atoms with Crippen molar-refractivity contribution in [3.05, 3.63) is 25.3 Å². The van der Waals surface area contributed by atoms with Crippen LogP contribution in [0.3, 0.4) is 0 Å². The van der Waals surface area contributed by atoms with E-state index in [4.69, 9.17) is 9.47 Å². The number of hydrogen-bond acceptors (Lipinski definition) is 7. The molecule has 3 aliphatic rings. The van der Waals surface area contributed by atoms with Crippen LogP contribution in [-0.2, 0) is 28.7 Å². The Balaban J connectivity index is 1.93. The Morgan fingerprint density at radius 3 is 2.55 bits per heavy atom. The number of rotatable bonds is 17. The maximum Gasteiger partial charge on any atom is 0.312 e. The van der Waals surface area contributed by atoms with Crippen LogP contribution >= 0.6 is 0 Å². The molecule has 0 aliphatic carbocycles. The molecule has 3 amide bonds. The SMILES string of the molecule is C=CCCC(=O)NC[C@@H](C)OC(=O)[C@@H]1[C@H]2C(=O)N([C@@H](CO)CC(C)C)[C@H](C(=O)N(CC=C)C(C)CCC)[C@]23CC[C@H]1O3. The molecule has 42 heavy (non-hydrogen) atoms. The van der Waals surface area contributed by atoms with Gasteiger partial charge >= 0.3 is 5.97 Å². The zero-order valence-electron chi connectivity index (χ0n) is 26.0. The van der Waals surface area contributed by atoms with Gasteiger partial charge in [0.25, 0.3) is 0 Å².